The van der Waals surface area contributed by atoms with Crippen LogP contribution in [0.2, 0.25) is 0 Å². The van der Waals surface area contributed by atoms with Crippen LogP contribution in [0, 0.1) is 0 Å². The number of amides is 1. The third-order valence-corrected chi connectivity index (χ3v) is 5.23. The Hall–Kier alpha value is -2.80. The summed E-state index contributed by atoms with van der Waals surface area (Å²) in [6.07, 6.45) is 4.07. The predicted octanol–water partition coefficient (Wildman–Crippen LogP) is 2.85. The van der Waals surface area contributed by atoms with Gasteiger partial charge >= 0.3 is 0 Å². The maximum Gasteiger partial charge on any atom is 0.292 e. The lowest BCUT2D eigenvalue weighted by Gasteiger charge is -2.21. The Morgan fingerprint density at radius 2 is 2.04 bits per heavy atom. The molecule has 138 valence electrons. The minimum Gasteiger partial charge on any atom is -0.346 e. The van der Waals surface area contributed by atoms with E-state index in [0.717, 1.165) is 55.4 Å². The summed E-state index contributed by atoms with van der Waals surface area (Å²) < 4.78 is 5.43. The van der Waals surface area contributed by atoms with Gasteiger partial charge in [-0.2, -0.15) is 4.98 Å². The molecule has 0 radical (unpaired) electrons. The van der Waals surface area contributed by atoms with Gasteiger partial charge in [-0.1, -0.05) is 29.4 Å². The molecular weight excluding hydrogens is 342 g/mol. The van der Waals surface area contributed by atoms with Crippen molar-refractivity contribution >= 4 is 16.8 Å². The molecule has 0 spiro atoms. The van der Waals surface area contributed by atoms with Crippen molar-refractivity contribution < 1.29 is 9.32 Å². The average Bonchev–Trinajstić information content (AvgIpc) is 3.18. The number of carbonyl (C=O) groups excluding carboxylic acids is 1. The summed E-state index contributed by atoms with van der Waals surface area (Å²) in [5.74, 6) is 0.412. The molecule has 1 N–H and O–H groups in total. The number of pyridine rings is 1. The van der Waals surface area contributed by atoms with Gasteiger partial charge in [0.1, 0.15) is 0 Å². The van der Waals surface area contributed by atoms with Crippen molar-refractivity contribution in [2.45, 2.75) is 44.3 Å². The summed E-state index contributed by atoms with van der Waals surface area (Å²) in [7, 11) is 0. The van der Waals surface area contributed by atoms with Crippen molar-refractivity contribution in [2.75, 3.05) is 6.54 Å². The third kappa shape index (κ3) is 3.42. The molecule has 27 heavy (non-hydrogen) atoms. The molecule has 0 unspecified atom stereocenters. The highest BCUT2D eigenvalue weighted by atomic mass is 16.5. The average molecular weight is 363 g/mol. The van der Waals surface area contributed by atoms with Crippen LogP contribution >= 0.6 is 0 Å². The summed E-state index contributed by atoms with van der Waals surface area (Å²) in [5.41, 5.74) is 2.02. The first kappa shape index (κ1) is 16.4. The fraction of sp³-hybridized carbons (Fsp3) is 0.400. The maximum absolute atomic E-state index is 12.1. The number of benzene rings is 1. The molecule has 1 saturated heterocycles. The van der Waals surface area contributed by atoms with E-state index < -0.39 is 0 Å². The van der Waals surface area contributed by atoms with Crippen molar-refractivity contribution in [1.82, 2.24) is 25.3 Å². The lowest BCUT2D eigenvalue weighted by molar-refractivity contribution is 0.0937. The van der Waals surface area contributed by atoms with E-state index in [1.807, 2.05) is 18.2 Å². The van der Waals surface area contributed by atoms with Crippen LogP contribution in [0.1, 0.15) is 53.9 Å². The second kappa shape index (κ2) is 6.74. The van der Waals surface area contributed by atoms with Gasteiger partial charge in [-0.15, -0.1) is 0 Å². The van der Waals surface area contributed by atoms with Crippen LogP contribution in [-0.2, 0) is 6.54 Å². The summed E-state index contributed by atoms with van der Waals surface area (Å²) >= 11 is 0. The fourth-order valence-corrected chi connectivity index (χ4v) is 3.64. The van der Waals surface area contributed by atoms with Crippen LogP contribution in [0.3, 0.4) is 0 Å². The first-order chi connectivity index (χ1) is 13.3. The SMILES string of the molecule is O=C(NC1CC1)c1noc([C@@H]2CCCN2Cc2ccc3ccccc3n2)n1. The number of rotatable bonds is 5. The molecule has 1 amide bonds. The van der Waals surface area contributed by atoms with Crippen LogP contribution < -0.4 is 5.32 Å². The van der Waals surface area contributed by atoms with E-state index in [1.54, 1.807) is 0 Å². The van der Waals surface area contributed by atoms with Gasteiger partial charge < -0.3 is 9.84 Å². The molecule has 7 heteroatoms. The third-order valence-electron chi connectivity index (χ3n) is 5.23. The Morgan fingerprint density at radius 1 is 1.15 bits per heavy atom. The molecule has 3 aromatic rings. The van der Waals surface area contributed by atoms with Crippen molar-refractivity contribution in [2.24, 2.45) is 0 Å². The number of likely N-dealkylation sites (tertiary alicyclic amines) is 1. The minimum absolute atomic E-state index is 0.0354. The maximum atomic E-state index is 12.1. The van der Waals surface area contributed by atoms with Gasteiger partial charge in [0.2, 0.25) is 5.89 Å². The molecule has 1 atom stereocenters. The minimum atomic E-state index is -0.242. The van der Waals surface area contributed by atoms with Gasteiger partial charge in [0.25, 0.3) is 11.7 Å². The quantitative estimate of drug-likeness (QED) is 0.750. The smallest absolute Gasteiger partial charge is 0.292 e. The van der Waals surface area contributed by atoms with Gasteiger partial charge in [0.15, 0.2) is 0 Å². The Kier molecular flexibility index (Phi) is 4.09. The number of nitrogens with one attached hydrogen (secondary N) is 1. The lowest BCUT2D eigenvalue weighted by atomic mass is 10.2. The molecule has 0 bridgehead atoms. The van der Waals surface area contributed by atoms with Crippen LogP contribution in [-0.4, -0.2) is 38.5 Å². The number of hydrogen-bond donors (Lipinski definition) is 1. The molecule has 2 fully saturated rings. The second-order valence-corrected chi connectivity index (χ2v) is 7.33. The van der Waals surface area contributed by atoms with Crippen LogP contribution in [0.15, 0.2) is 40.9 Å². The zero-order chi connectivity index (χ0) is 18.2. The van der Waals surface area contributed by atoms with Crippen molar-refractivity contribution in [1.29, 1.82) is 0 Å². The molecule has 2 aliphatic rings. The number of hydrogen-bond acceptors (Lipinski definition) is 6. The van der Waals surface area contributed by atoms with Crippen LogP contribution in [0.4, 0.5) is 0 Å². The van der Waals surface area contributed by atoms with Crippen molar-refractivity contribution in [3.8, 4) is 0 Å². The topological polar surface area (TPSA) is 84.2 Å². The molecular formula is C20H21N5O2. The first-order valence-electron chi connectivity index (χ1n) is 9.49. The molecule has 1 aliphatic carbocycles. The summed E-state index contributed by atoms with van der Waals surface area (Å²) in [5, 5.41) is 7.92. The monoisotopic (exact) mass is 363 g/mol. The van der Waals surface area contributed by atoms with E-state index in [9.17, 15) is 4.79 Å². The van der Waals surface area contributed by atoms with Gasteiger partial charge in [-0.25, -0.2) is 0 Å². The van der Waals surface area contributed by atoms with Crippen LogP contribution in [0.5, 0.6) is 0 Å². The Labute approximate surface area is 156 Å². The van der Waals surface area contributed by atoms with E-state index in [2.05, 4.69) is 38.6 Å². The van der Waals surface area contributed by atoms with E-state index >= 15 is 0 Å². The summed E-state index contributed by atoms with van der Waals surface area (Å²) in [6, 6.07) is 12.6. The van der Waals surface area contributed by atoms with Crippen molar-refractivity contribution in [3.63, 3.8) is 0 Å². The molecule has 1 aliphatic heterocycles. The zero-order valence-electron chi connectivity index (χ0n) is 15.0. The van der Waals surface area contributed by atoms with E-state index in [1.165, 1.54) is 0 Å². The summed E-state index contributed by atoms with van der Waals surface area (Å²) in [4.78, 5) is 23.5. The Balaban J connectivity index is 1.32. The standard InChI is InChI=1S/C20H21N5O2/c26-19(22-14-9-10-14)18-23-20(27-24-18)17-6-3-11-25(17)12-15-8-7-13-4-1-2-5-16(13)21-15/h1-2,4-5,7-8,14,17H,3,6,9-12H2,(H,22,26)/t17-/m0/s1. The Morgan fingerprint density at radius 3 is 2.93 bits per heavy atom. The van der Waals surface area contributed by atoms with Gasteiger partial charge in [-0.05, 0) is 44.4 Å². The van der Waals surface area contributed by atoms with E-state index in [-0.39, 0.29) is 23.8 Å². The number of para-hydroxylation sites is 1. The zero-order valence-corrected chi connectivity index (χ0v) is 15.0. The molecule has 2 aromatic heterocycles. The predicted molar refractivity (Wildman–Crippen MR) is 98.9 cm³/mol. The molecule has 1 saturated carbocycles. The van der Waals surface area contributed by atoms with E-state index in [4.69, 9.17) is 9.51 Å². The van der Waals surface area contributed by atoms with Gasteiger partial charge in [0.05, 0.1) is 17.3 Å². The first-order valence-corrected chi connectivity index (χ1v) is 9.49. The highest BCUT2D eigenvalue weighted by molar-refractivity contribution is 5.90. The highest BCUT2D eigenvalue weighted by Gasteiger charge is 2.32. The number of fused-ring (bicyclic) bond motifs is 1. The fourth-order valence-electron chi connectivity index (χ4n) is 3.64. The molecule has 5 rings (SSSR count). The lowest BCUT2D eigenvalue weighted by Crippen LogP contribution is -2.27. The molecule has 1 aromatic carbocycles. The number of carbonyl (C=O) groups is 1. The number of aromatic nitrogens is 3. The van der Waals surface area contributed by atoms with Gasteiger partial charge in [-0.3, -0.25) is 14.7 Å². The Bertz CT molecular complexity index is 981. The normalized spacial score (nSPS) is 20.2. The van der Waals surface area contributed by atoms with E-state index in [0.29, 0.717) is 5.89 Å². The number of nitrogens with zero attached hydrogens (tertiary/aromatic N) is 4. The van der Waals surface area contributed by atoms with Crippen molar-refractivity contribution in [3.05, 3.63) is 53.8 Å². The van der Waals surface area contributed by atoms with Gasteiger partial charge in [0, 0.05) is 18.0 Å². The molecule has 7 nitrogen and oxygen atoms in total. The summed E-state index contributed by atoms with van der Waals surface area (Å²) in [6.45, 7) is 1.67. The largest absolute Gasteiger partial charge is 0.346 e. The highest BCUT2D eigenvalue weighted by Crippen LogP contribution is 2.32. The molecule has 3 heterocycles. The second-order valence-electron chi connectivity index (χ2n) is 7.33. The van der Waals surface area contributed by atoms with Crippen LogP contribution in [0.25, 0.3) is 10.9 Å².